The molecule has 0 atom stereocenters. The number of thiazole rings is 1. The largest absolute Gasteiger partial charge is 0.397 e. The summed E-state index contributed by atoms with van der Waals surface area (Å²) in [6.45, 7) is 0. The van der Waals surface area contributed by atoms with E-state index in [1.54, 1.807) is 18.3 Å². The summed E-state index contributed by atoms with van der Waals surface area (Å²) >= 11 is 1.30. The molecule has 160 valence electrons. The van der Waals surface area contributed by atoms with E-state index in [1.807, 2.05) is 23.7 Å². The minimum absolute atomic E-state index is 0.0210. The zero-order valence-corrected chi connectivity index (χ0v) is 18.4. The summed E-state index contributed by atoms with van der Waals surface area (Å²) in [6, 6.07) is 8.43. The summed E-state index contributed by atoms with van der Waals surface area (Å²) in [6.07, 6.45) is 3.46. The zero-order valence-electron chi connectivity index (χ0n) is 16.8. The van der Waals surface area contributed by atoms with Crippen LogP contribution in [0.25, 0.3) is 22.3 Å². The summed E-state index contributed by atoms with van der Waals surface area (Å²) in [4.78, 5) is 24.4. The first-order valence-corrected chi connectivity index (χ1v) is 11.6. The third-order valence-electron chi connectivity index (χ3n) is 4.74. The maximum Gasteiger partial charge on any atom is 0.244 e. The molecule has 4 N–H and O–H groups in total. The van der Waals surface area contributed by atoms with Crippen LogP contribution in [0.3, 0.4) is 0 Å². The van der Waals surface area contributed by atoms with Gasteiger partial charge in [-0.1, -0.05) is 12.1 Å². The van der Waals surface area contributed by atoms with Crippen molar-refractivity contribution >= 4 is 49.1 Å². The van der Waals surface area contributed by atoms with Crippen LogP contribution in [0.1, 0.15) is 5.56 Å². The van der Waals surface area contributed by atoms with Gasteiger partial charge in [-0.05, 0) is 23.8 Å². The van der Waals surface area contributed by atoms with Crippen molar-refractivity contribution in [2.24, 2.45) is 0 Å². The van der Waals surface area contributed by atoms with Gasteiger partial charge in [0.15, 0.2) is 5.13 Å². The maximum absolute atomic E-state index is 12.6. The lowest BCUT2D eigenvalue weighted by molar-refractivity contribution is -0.115. The van der Waals surface area contributed by atoms with Crippen LogP contribution in [0.2, 0.25) is 0 Å². The number of nitrogen functional groups attached to an aromatic ring is 1. The molecule has 0 fully saturated rings. The lowest BCUT2D eigenvalue weighted by Crippen LogP contribution is -2.24. The number of amides is 1. The van der Waals surface area contributed by atoms with Crippen molar-refractivity contribution in [1.29, 1.82) is 0 Å². The number of carbonyl (C=O) groups excluding carboxylic acids is 1. The third-order valence-corrected chi connectivity index (χ3v) is 7.37. The van der Waals surface area contributed by atoms with Crippen LogP contribution in [0.15, 0.2) is 53.0 Å². The number of nitrogens with two attached hydrogens (primary N) is 1. The van der Waals surface area contributed by atoms with E-state index in [0.29, 0.717) is 10.7 Å². The highest BCUT2D eigenvalue weighted by molar-refractivity contribution is 7.89. The first-order chi connectivity index (χ1) is 14.8. The Balaban J connectivity index is 1.52. The molecule has 1 aromatic carbocycles. The van der Waals surface area contributed by atoms with E-state index >= 15 is 0 Å². The Morgan fingerprint density at radius 3 is 2.84 bits per heavy atom. The van der Waals surface area contributed by atoms with E-state index in [4.69, 9.17) is 5.73 Å². The summed E-state index contributed by atoms with van der Waals surface area (Å²) < 4.78 is 25.9. The Bertz CT molecular complexity index is 1370. The van der Waals surface area contributed by atoms with E-state index in [0.717, 1.165) is 26.6 Å². The lowest BCUT2D eigenvalue weighted by Gasteiger charge is -2.15. The van der Waals surface area contributed by atoms with Gasteiger partial charge in [0.05, 0.1) is 17.8 Å². The fraction of sp³-hybridized carbons (Fsp3) is 0.150. The fourth-order valence-corrected chi connectivity index (χ4v) is 4.90. The van der Waals surface area contributed by atoms with Crippen LogP contribution in [0.4, 0.5) is 10.8 Å². The van der Waals surface area contributed by atoms with E-state index < -0.39 is 10.0 Å². The lowest BCUT2D eigenvalue weighted by atomic mass is 10.1. The number of pyridine rings is 1. The van der Waals surface area contributed by atoms with Crippen molar-refractivity contribution in [1.82, 2.24) is 19.3 Å². The second-order valence-corrected chi connectivity index (χ2v) is 9.96. The molecule has 31 heavy (non-hydrogen) atoms. The molecule has 3 aromatic heterocycles. The van der Waals surface area contributed by atoms with Gasteiger partial charge in [-0.15, -0.1) is 11.3 Å². The average molecular weight is 457 g/mol. The molecular formula is C20H20N6O3S2. The van der Waals surface area contributed by atoms with Crippen LogP contribution in [-0.2, 0) is 21.2 Å². The number of aromatic amines is 1. The minimum atomic E-state index is -3.71. The number of nitrogens with one attached hydrogen (secondary N) is 2. The predicted octanol–water partition coefficient (Wildman–Crippen LogP) is 2.70. The molecule has 4 rings (SSSR count). The number of anilines is 2. The van der Waals surface area contributed by atoms with Crippen molar-refractivity contribution in [3.8, 4) is 11.3 Å². The molecule has 4 aromatic rings. The van der Waals surface area contributed by atoms with E-state index in [1.165, 1.54) is 31.5 Å². The molecule has 0 saturated carbocycles. The fourth-order valence-electron chi connectivity index (χ4n) is 3.12. The number of H-pyrrole nitrogens is 1. The molecular weight excluding hydrogens is 436 g/mol. The van der Waals surface area contributed by atoms with Gasteiger partial charge >= 0.3 is 0 Å². The summed E-state index contributed by atoms with van der Waals surface area (Å²) in [5.74, 6) is -0.340. The number of carbonyl (C=O) groups is 1. The first-order valence-electron chi connectivity index (χ1n) is 9.25. The number of para-hydroxylation sites is 1. The molecule has 0 radical (unpaired) electrons. The summed E-state index contributed by atoms with van der Waals surface area (Å²) in [5, 5.41) is 5.99. The van der Waals surface area contributed by atoms with Crippen LogP contribution in [0.5, 0.6) is 0 Å². The summed E-state index contributed by atoms with van der Waals surface area (Å²) in [5.41, 5.74) is 8.94. The Labute approximate surface area is 183 Å². The van der Waals surface area contributed by atoms with Crippen LogP contribution >= 0.6 is 11.3 Å². The van der Waals surface area contributed by atoms with E-state index in [2.05, 4.69) is 20.3 Å². The van der Waals surface area contributed by atoms with E-state index in [-0.39, 0.29) is 22.9 Å². The number of benzene rings is 1. The standard InChI is InChI=1S/C20H20N6O3S2/c1-26(2)31(28,29)16-7-3-5-12(18(16)21)9-17(27)25-20-24-15(11-30-20)14-10-23-19-13(14)6-4-8-22-19/h3-8,10-11H,9,21H2,1-2H3,(H,22,23)(H,24,25,27). The van der Waals surface area contributed by atoms with E-state index in [9.17, 15) is 13.2 Å². The molecule has 0 bridgehead atoms. The number of sulfonamides is 1. The van der Waals surface area contributed by atoms with Gasteiger partial charge in [-0.2, -0.15) is 0 Å². The van der Waals surface area contributed by atoms with Crippen LogP contribution < -0.4 is 11.1 Å². The summed E-state index contributed by atoms with van der Waals surface area (Å²) in [7, 11) is -0.849. The highest BCUT2D eigenvalue weighted by Crippen LogP contribution is 2.30. The average Bonchev–Trinajstić information content (AvgIpc) is 3.36. The van der Waals surface area contributed by atoms with Gasteiger partial charge in [0.1, 0.15) is 10.5 Å². The van der Waals surface area contributed by atoms with Crippen molar-refractivity contribution in [2.45, 2.75) is 11.3 Å². The van der Waals surface area contributed by atoms with Gasteiger partial charge in [-0.3, -0.25) is 4.79 Å². The molecule has 0 aliphatic rings. The molecule has 9 nitrogen and oxygen atoms in total. The monoisotopic (exact) mass is 456 g/mol. The van der Waals surface area contributed by atoms with Gasteiger partial charge < -0.3 is 16.0 Å². The Kier molecular flexibility index (Phi) is 5.48. The van der Waals surface area contributed by atoms with Gasteiger partial charge in [0.2, 0.25) is 15.9 Å². The highest BCUT2D eigenvalue weighted by Gasteiger charge is 2.22. The maximum atomic E-state index is 12.6. The molecule has 1 amide bonds. The molecule has 0 saturated heterocycles. The van der Waals surface area contributed by atoms with Gasteiger partial charge in [-0.25, -0.2) is 22.7 Å². The molecule has 0 aliphatic carbocycles. The number of aromatic nitrogens is 3. The number of nitrogens with zero attached hydrogens (tertiary/aromatic N) is 3. The second kappa shape index (κ2) is 8.10. The third kappa shape index (κ3) is 4.02. The normalized spacial score (nSPS) is 11.8. The molecule has 0 unspecified atom stereocenters. The quantitative estimate of drug-likeness (QED) is 0.382. The molecule has 0 aliphatic heterocycles. The second-order valence-electron chi connectivity index (χ2n) is 6.98. The van der Waals surface area contributed by atoms with Crippen LogP contribution in [0, 0.1) is 0 Å². The number of hydrogen-bond donors (Lipinski definition) is 3. The highest BCUT2D eigenvalue weighted by atomic mass is 32.2. The zero-order chi connectivity index (χ0) is 22.2. The predicted molar refractivity (Wildman–Crippen MR) is 121 cm³/mol. The Morgan fingerprint density at radius 1 is 1.26 bits per heavy atom. The first kappa shape index (κ1) is 21.0. The molecule has 3 heterocycles. The number of rotatable bonds is 6. The van der Waals surface area contributed by atoms with Crippen LogP contribution in [-0.4, -0.2) is 47.7 Å². The van der Waals surface area contributed by atoms with Crippen molar-refractivity contribution in [3.63, 3.8) is 0 Å². The van der Waals surface area contributed by atoms with Gasteiger partial charge in [0.25, 0.3) is 0 Å². The topological polar surface area (TPSA) is 134 Å². The Morgan fingerprint density at radius 2 is 2.06 bits per heavy atom. The SMILES string of the molecule is CN(C)S(=O)(=O)c1cccc(CC(=O)Nc2nc(-c3c[nH]c4ncccc34)cs2)c1N. The minimum Gasteiger partial charge on any atom is -0.397 e. The van der Waals surface area contributed by atoms with Crippen molar-refractivity contribution in [3.05, 3.63) is 53.7 Å². The Hall–Kier alpha value is -3.28. The smallest absolute Gasteiger partial charge is 0.244 e. The number of hydrogen-bond acceptors (Lipinski definition) is 7. The molecule has 0 spiro atoms. The van der Waals surface area contributed by atoms with Crippen molar-refractivity contribution in [2.75, 3.05) is 25.1 Å². The van der Waals surface area contributed by atoms with Crippen molar-refractivity contribution < 1.29 is 13.2 Å². The van der Waals surface area contributed by atoms with Gasteiger partial charge in [0, 0.05) is 42.8 Å². The number of fused-ring (bicyclic) bond motifs is 1. The molecule has 11 heteroatoms.